The second-order valence-electron chi connectivity index (χ2n) is 5.90. The lowest BCUT2D eigenvalue weighted by atomic mass is 10.1. The van der Waals surface area contributed by atoms with Gasteiger partial charge in [0, 0.05) is 13.5 Å². The van der Waals surface area contributed by atoms with Crippen molar-refractivity contribution in [2.24, 2.45) is 0 Å². The Morgan fingerprint density at radius 1 is 1.08 bits per heavy atom. The molecule has 6 nitrogen and oxygen atoms in total. The first-order valence-electron chi connectivity index (χ1n) is 8.36. The maximum absolute atomic E-state index is 12.4. The number of para-hydroxylation sites is 1. The average Bonchev–Trinajstić information content (AvgIpc) is 3.11. The highest BCUT2D eigenvalue weighted by atomic mass is 16.2. The van der Waals surface area contributed by atoms with Crippen molar-refractivity contribution >= 4 is 5.91 Å². The number of rotatable bonds is 6. The van der Waals surface area contributed by atoms with Gasteiger partial charge in [-0.15, -0.1) is 5.10 Å². The van der Waals surface area contributed by atoms with Gasteiger partial charge in [0.2, 0.25) is 5.82 Å². The highest BCUT2D eigenvalue weighted by molar-refractivity contribution is 5.90. The molecule has 0 unspecified atom stereocenters. The normalized spacial score (nSPS) is 10.3. The van der Waals surface area contributed by atoms with E-state index in [4.69, 9.17) is 5.26 Å². The molecule has 0 fully saturated rings. The molecule has 0 spiro atoms. The maximum atomic E-state index is 12.4. The summed E-state index contributed by atoms with van der Waals surface area (Å²) >= 11 is 0. The summed E-state index contributed by atoms with van der Waals surface area (Å²) in [7, 11) is 1.57. The van der Waals surface area contributed by atoms with Crippen molar-refractivity contribution in [1.82, 2.24) is 19.7 Å². The number of benzene rings is 2. The summed E-state index contributed by atoms with van der Waals surface area (Å²) < 4.78 is 1.70. The fourth-order valence-electron chi connectivity index (χ4n) is 2.62. The summed E-state index contributed by atoms with van der Waals surface area (Å²) in [5.74, 6) is 0.464. The number of nitrogens with zero attached hydrogens (tertiary/aromatic N) is 5. The van der Waals surface area contributed by atoms with Crippen LogP contribution in [0.25, 0.3) is 5.69 Å². The first kappa shape index (κ1) is 17.4. The van der Waals surface area contributed by atoms with Gasteiger partial charge in [0.25, 0.3) is 5.91 Å². The lowest BCUT2D eigenvalue weighted by molar-refractivity contribution is 0.0800. The molecule has 0 aliphatic rings. The fraction of sp³-hybridized carbons (Fsp3) is 0.200. The van der Waals surface area contributed by atoms with E-state index in [1.54, 1.807) is 11.7 Å². The number of nitriles is 1. The van der Waals surface area contributed by atoms with Crippen molar-refractivity contribution in [3.05, 3.63) is 77.9 Å². The molecule has 3 rings (SSSR count). The van der Waals surface area contributed by atoms with Crippen LogP contribution >= 0.6 is 0 Å². The van der Waals surface area contributed by atoms with Crippen LogP contribution in [0.2, 0.25) is 0 Å². The summed E-state index contributed by atoms with van der Waals surface area (Å²) in [6, 6.07) is 21.7. The Balaban J connectivity index is 1.90. The van der Waals surface area contributed by atoms with Crippen molar-refractivity contribution in [3.8, 4) is 11.8 Å². The Kier molecular flexibility index (Phi) is 5.40. The SMILES string of the molecule is CN(CC#N)C(=O)c1nc(CCc2ccccc2)n(-c2ccccc2)n1. The summed E-state index contributed by atoms with van der Waals surface area (Å²) in [5.41, 5.74) is 2.05. The molecule has 130 valence electrons. The quantitative estimate of drug-likeness (QED) is 0.644. The highest BCUT2D eigenvalue weighted by Gasteiger charge is 2.20. The van der Waals surface area contributed by atoms with Crippen molar-refractivity contribution in [2.75, 3.05) is 13.6 Å². The maximum Gasteiger partial charge on any atom is 0.294 e. The van der Waals surface area contributed by atoms with Gasteiger partial charge in [-0.1, -0.05) is 48.5 Å². The second-order valence-corrected chi connectivity index (χ2v) is 5.90. The van der Waals surface area contributed by atoms with Gasteiger partial charge >= 0.3 is 0 Å². The number of hydrogen-bond acceptors (Lipinski definition) is 4. The number of amides is 1. The molecule has 3 aromatic rings. The zero-order chi connectivity index (χ0) is 18.4. The molecule has 0 atom stereocenters. The lowest BCUT2D eigenvalue weighted by Gasteiger charge is -2.09. The van der Waals surface area contributed by atoms with E-state index < -0.39 is 0 Å². The Bertz CT molecular complexity index is 912. The summed E-state index contributed by atoms with van der Waals surface area (Å²) in [6.07, 6.45) is 1.45. The number of aryl methyl sites for hydroxylation is 2. The second kappa shape index (κ2) is 8.08. The van der Waals surface area contributed by atoms with E-state index in [1.807, 2.05) is 54.6 Å². The van der Waals surface area contributed by atoms with Crippen LogP contribution in [-0.4, -0.2) is 39.2 Å². The molecule has 0 saturated heterocycles. The van der Waals surface area contributed by atoms with Gasteiger partial charge in [-0.25, -0.2) is 9.67 Å². The highest BCUT2D eigenvalue weighted by Crippen LogP contribution is 2.13. The molecule has 2 aromatic carbocycles. The molecule has 26 heavy (non-hydrogen) atoms. The predicted octanol–water partition coefficient (Wildman–Crippen LogP) is 2.65. The van der Waals surface area contributed by atoms with Gasteiger partial charge in [0.1, 0.15) is 12.4 Å². The largest absolute Gasteiger partial charge is 0.326 e. The molecule has 0 saturated carbocycles. The Morgan fingerprint density at radius 2 is 1.73 bits per heavy atom. The first-order chi connectivity index (χ1) is 12.7. The van der Waals surface area contributed by atoms with Crippen molar-refractivity contribution in [3.63, 3.8) is 0 Å². The summed E-state index contributed by atoms with van der Waals surface area (Å²) in [6.45, 7) is -0.00193. The van der Waals surface area contributed by atoms with Gasteiger partial charge in [0.05, 0.1) is 11.8 Å². The minimum Gasteiger partial charge on any atom is -0.326 e. The minimum atomic E-state index is -0.359. The van der Waals surface area contributed by atoms with Crippen LogP contribution in [0.15, 0.2) is 60.7 Å². The van der Waals surface area contributed by atoms with Crippen LogP contribution in [0.5, 0.6) is 0 Å². The standard InChI is InChI=1S/C20H19N5O/c1-24(15-14-21)20(26)19-22-18(13-12-16-8-4-2-5-9-16)25(23-19)17-10-6-3-7-11-17/h2-11H,12-13,15H2,1H3. The van der Waals surface area contributed by atoms with Crippen molar-refractivity contribution < 1.29 is 4.79 Å². The molecular weight excluding hydrogens is 326 g/mol. The smallest absolute Gasteiger partial charge is 0.294 e. The van der Waals surface area contributed by atoms with E-state index in [0.29, 0.717) is 12.2 Å². The zero-order valence-electron chi connectivity index (χ0n) is 14.5. The fourth-order valence-corrected chi connectivity index (χ4v) is 2.62. The van der Waals surface area contributed by atoms with Crippen molar-refractivity contribution in [2.45, 2.75) is 12.8 Å². The van der Waals surface area contributed by atoms with E-state index in [9.17, 15) is 4.79 Å². The Labute approximate surface area is 152 Å². The molecule has 0 N–H and O–H groups in total. The molecule has 0 aliphatic carbocycles. The summed E-state index contributed by atoms with van der Waals surface area (Å²) in [5, 5.41) is 13.2. The molecule has 0 bridgehead atoms. The molecule has 6 heteroatoms. The Hall–Kier alpha value is -3.46. The third kappa shape index (κ3) is 3.95. The van der Waals surface area contributed by atoms with E-state index in [1.165, 1.54) is 10.5 Å². The van der Waals surface area contributed by atoms with Crippen LogP contribution in [-0.2, 0) is 12.8 Å². The molecule has 0 aliphatic heterocycles. The number of carbonyl (C=O) groups excluding carboxylic acids is 1. The van der Waals surface area contributed by atoms with Crippen LogP contribution in [0.4, 0.5) is 0 Å². The van der Waals surface area contributed by atoms with Gasteiger partial charge in [-0.2, -0.15) is 5.26 Å². The molecule has 1 heterocycles. The molecule has 1 aromatic heterocycles. The van der Waals surface area contributed by atoms with Crippen LogP contribution in [0.3, 0.4) is 0 Å². The molecular formula is C20H19N5O. The van der Waals surface area contributed by atoms with E-state index in [2.05, 4.69) is 22.2 Å². The van der Waals surface area contributed by atoms with Crippen LogP contribution in [0, 0.1) is 11.3 Å². The zero-order valence-corrected chi connectivity index (χ0v) is 14.5. The summed E-state index contributed by atoms with van der Waals surface area (Å²) in [4.78, 5) is 18.2. The topological polar surface area (TPSA) is 74.8 Å². The lowest BCUT2D eigenvalue weighted by Crippen LogP contribution is -2.28. The van der Waals surface area contributed by atoms with Gasteiger partial charge in [-0.3, -0.25) is 4.79 Å². The number of carbonyl (C=O) groups is 1. The molecule has 0 radical (unpaired) electrons. The van der Waals surface area contributed by atoms with Crippen LogP contribution < -0.4 is 0 Å². The van der Waals surface area contributed by atoms with Gasteiger partial charge in [-0.05, 0) is 24.1 Å². The van der Waals surface area contributed by atoms with Gasteiger partial charge < -0.3 is 4.90 Å². The Morgan fingerprint density at radius 3 is 2.38 bits per heavy atom. The average molecular weight is 345 g/mol. The minimum absolute atomic E-state index is 0.00193. The monoisotopic (exact) mass is 345 g/mol. The first-order valence-corrected chi connectivity index (χ1v) is 8.36. The van der Waals surface area contributed by atoms with E-state index in [0.717, 1.165) is 12.1 Å². The number of aromatic nitrogens is 3. The third-order valence-electron chi connectivity index (χ3n) is 4.00. The van der Waals surface area contributed by atoms with Gasteiger partial charge in [0.15, 0.2) is 0 Å². The van der Waals surface area contributed by atoms with E-state index >= 15 is 0 Å². The number of hydrogen-bond donors (Lipinski definition) is 0. The van der Waals surface area contributed by atoms with Crippen LogP contribution in [0.1, 0.15) is 22.0 Å². The van der Waals surface area contributed by atoms with E-state index in [-0.39, 0.29) is 18.3 Å². The predicted molar refractivity (Wildman–Crippen MR) is 97.8 cm³/mol. The third-order valence-corrected chi connectivity index (χ3v) is 4.00. The molecule has 1 amide bonds. The van der Waals surface area contributed by atoms with Crippen molar-refractivity contribution in [1.29, 1.82) is 5.26 Å².